The first-order valence-corrected chi connectivity index (χ1v) is 13.6. The Morgan fingerprint density at radius 2 is 1.37 bits per heavy atom. The van der Waals surface area contributed by atoms with Crippen LogP contribution in [0.3, 0.4) is 0 Å². The van der Waals surface area contributed by atoms with Crippen molar-refractivity contribution in [3.8, 4) is 17.2 Å². The second-order valence-corrected chi connectivity index (χ2v) is 10.3. The van der Waals surface area contributed by atoms with E-state index in [0.717, 1.165) is 5.56 Å². The molecule has 10 heteroatoms. The maximum atomic E-state index is 12.6. The van der Waals surface area contributed by atoms with Gasteiger partial charge in [-0.05, 0) is 86.0 Å². The second-order valence-electron chi connectivity index (χ2n) is 8.19. The normalized spacial score (nSPS) is 11.8. The molecule has 1 amide bonds. The fourth-order valence-electron chi connectivity index (χ4n) is 3.54. The number of methoxy groups -OCH3 is 2. The highest BCUT2D eigenvalue weighted by atomic mass is 32.2. The van der Waals surface area contributed by atoms with Gasteiger partial charge in [0.15, 0.2) is 9.84 Å². The molecule has 0 radical (unpaired) electrons. The number of benzene rings is 3. The van der Waals surface area contributed by atoms with E-state index in [1.807, 2.05) is 0 Å². The summed E-state index contributed by atoms with van der Waals surface area (Å²) < 4.78 is 46.1. The molecule has 3 aromatic rings. The van der Waals surface area contributed by atoms with Gasteiger partial charge in [0.2, 0.25) is 0 Å². The third kappa shape index (κ3) is 7.97. The number of amides is 1. The minimum absolute atomic E-state index is 0.0000946. The predicted octanol–water partition coefficient (Wildman–Crippen LogP) is 3.81. The zero-order valence-corrected chi connectivity index (χ0v) is 22.3. The smallest absolute Gasteiger partial charge is 0.369 e. The highest BCUT2D eigenvalue weighted by Gasteiger charge is 2.25. The zero-order chi connectivity index (χ0) is 27.5. The summed E-state index contributed by atoms with van der Waals surface area (Å²) in [6, 6.07) is 19.6. The van der Waals surface area contributed by atoms with Crippen molar-refractivity contribution < 1.29 is 37.0 Å². The summed E-state index contributed by atoms with van der Waals surface area (Å²) in [5, 5.41) is 2.54. The van der Waals surface area contributed by atoms with E-state index < -0.39 is 27.9 Å². The van der Waals surface area contributed by atoms with Crippen LogP contribution in [0.25, 0.3) is 0 Å². The zero-order valence-electron chi connectivity index (χ0n) is 21.5. The molecular formula is C28H31NO8S. The Morgan fingerprint density at radius 3 is 1.92 bits per heavy atom. The lowest BCUT2D eigenvalue weighted by atomic mass is 10.1. The molecule has 0 aliphatic heterocycles. The molecule has 0 saturated heterocycles. The average molecular weight is 542 g/mol. The maximum absolute atomic E-state index is 12.6. The number of ether oxygens (including phenoxy) is 4. The molecule has 202 valence electrons. The van der Waals surface area contributed by atoms with Crippen LogP contribution in [0.4, 0.5) is 0 Å². The Morgan fingerprint density at radius 1 is 0.816 bits per heavy atom. The lowest BCUT2D eigenvalue weighted by Crippen LogP contribution is -2.46. The lowest BCUT2D eigenvalue weighted by Gasteiger charge is -2.19. The highest BCUT2D eigenvalue weighted by molar-refractivity contribution is 7.91. The molecular weight excluding hydrogens is 510 g/mol. The highest BCUT2D eigenvalue weighted by Crippen LogP contribution is 2.19. The molecule has 1 unspecified atom stereocenters. The summed E-state index contributed by atoms with van der Waals surface area (Å²) in [7, 11) is -0.365. The van der Waals surface area contributed by atoms with Gasteiger partial charge in [0.25, 0.3) is 12.1 Å². The molecule has 0 aliphatic carbocycles. The van der Waals surface area contributed by atoms with E-state index >= 15 is 0 Å². The fraction of sp³-hybridized carbons (Fsp3) is 0.286. The van der Waals surface area contributed by atoms with E-state index in [0.29, 0.717) is 35.7 Å². The first kappa shape index (κ1) is 28.5. The van der Waals surface area contributed by atoms with Crippen LogP contribution in [0.15, 0.2) is 77.7 Å². The number of hydrogen-bond donors (Lipinski definition) is 1. The first-order chi connectivity index (χ1) is 18.2. The van der Waals surface area contributed by atoms with E-state index in [9.17, 15) is 18.0 Å². The Balaban J connectivity index is 1.59. The van der Waals surface area contributed by atoms with E-state index in [4.69, 9.17) is 18.9 Å². The van der Waals surface area contributed by atoms with Gasteiger partial charge in [0.05, 0.1) is 31.5 Å². The molecule has 38 heavy (non-hydrogen) atoms. The molecule has 1 N–H and O–H groups in total. The minimum atomic E-state index is -3.41. The van der Waals surface area contributed by atoms with Crippen molar-refractivity contribution >= 4 is 21.7 Å². The maximum Gasteiger partial charge on any atom is 0.369 e. The van der Waals surface area contributed by atoms with Crippen LogP contribution in [-0.4, -0.2) is 53.1 Å². The van der Waals surface area contributed by atoms with Crippen LogP contribution in [0.2, 0.25) is 0 Å². The fourth-order valence-corrected chi connectivity index (χ4v) is 4.85. The summed E-state index contributed by atoms with van der Waals surface area (Å²) >= 11 is 0. The third-order valence-electron chi connectivity index (χ3n) is 5.59. The molecule has 1 atom stereocenters. The number of esters is 1. The number of rotatable bonds is 13. The van der Waals surface area contributed by atoms with Crippen molar-refractivity contribution in [3.63, 3.8) is 0 Å². The number of nitrogens with one attached hydrogen (secondary N) is 1. The SMILES string of the molecule is CCOC(=O)C(NC(=O)c1ccc(OC)cc1)Oc1ccc(CCCS(=O)(=O)c2ccc(OC)cc2)cc1. The van der Waals surface area contributed by atoms with E-state index in [1.54, 1.807) is 67.6 Å². The summed E-state index contributed by atoms with van der Waals surface area (Å²) in [6.45, 7) is 1.78. The molecule has 3 aromatic carbocycles. The molecule has 0 aromatic heterocycles. The molecule has 0 saturated carbocycles. The molecule has 0 fully saturated rings. The standard InChI is InChI=1S/C28H31NO8S/c1-4-36-28(31)27(29-26(30)21-9-13-22(34-2)14-10-21)37-24-11-7-20(8-12-24)6-5-19-38(32,33)25-17-15-23(35-3)16-18-25/h7-18,27H,4-6,19H2,1-3H3,(H,29,30). The molecule has 9 nitrogen and oxygen atoms in total. The van der Waals surface area contributed by atoms with Gasteiger partial charge < -0.3 is 24.3 Å². The van der Waals surface area contributed by atoms with Crippen LogP contribution < -0.4 is 19.5 Å². The molecule has 0 bridgehead atoms. The number of sulfone groups is 1. The van der Waals surface area contributed by atoms with Gasteiger partial charge in [0.1, 0.15) is 17.2 Å². The minimum Gasteiger partial charge on any atom is -0.497 e. The molecule has 0 aliphatic rings. The summed E-state index contributed by atoms with van der Waals surface area (Å²) in [6.07, 6.45) is -0.395. The Kier molecular flexibility index (Phi) is 10.1. The summed E-state index contributed by atoms with van der Waals surface area (Å²) in [5.41, 5.74) is 1.22. The van der Waals surface area contributed by atoms with Crippen molar-refractivity contribution in [3.05, 3.63) is 83.9 Å². The Labute approximate surface area is 222 Å². The van der Waals surface area contributed by atoms with Gasteiger partial charge in [-0.15, -0.1) is 0 Å². The number of hydrogen-bond acceptors (Lipinski definition) is 8. The van der Waals surface area contributed by atoms with E-state index in [2.05, 4.69) is 5.32 Å². The number of carbonyl (C=O) groups excluding carboxylic acids is 2. The first-order valence-electron chi connectivity index (χ1n) is 12.0. The van der Waals surface area contributed by atoms with Gasteiger partial charge in [-0.2, -0.15) is 0 Å². The van der Waals surface area contributed by atoms with Gasteiger partial charge in [0, 0.05) is 5.56 Å². The topological polar surface area (TPSA) is 117 Å². The van der Waals surface area contributed by atoms with Crippen molar-refractivity contribution in [1.82, 2.24) is 5.32 Å². The molecule has 0 heterocycles. The summed E-state index contributed by atoms with van der Waals surface area (Å²) in [5.74, 6) is 0.282. The Bertz CT molecular complexity index is 1300. The molecule has 3 rings (SSSR count). The van der Waals surface area contributed by atoms with Crippen LogP contribution in [0.5, 0.6) is 17.2 Å². The average Bonchev–Trinajstić information content (AvgIpc) is 2.93. The van der Waals surface area contributed by atoms with Gasteiger partial charge in [-0.3, -0.25) is 4.79 Å². The van der Waals surface area contributed by atoms with Crippen LogP contribution in [0.1, 0.15) is 29.3 Å². The number of carbonyl (C=O) groups is 2. The van der Waals surface area contributed by atoms with Crippen LogP contribution in [0, 0.1) is 0 Å². The monoisotopic (exact) mass is 541 g/mol. The summed E-state index contributed by atoms with van der Waals surface area (Å²) in [4.78, 5) is 25.3. The van der Waals surface area contributed by atoms with Crippen LogP contribution in [-0.2, 0) is 25.8 Å². The third-order valence-corrected chi connectivity index (χ3v) is 7.41. The molecule has 0 spiro atoms. The predicted molar refractivity (Wildman–Crippen MR) is 141 cm³/mol. The van der Waals surface area contributed by atoms with E-state index in [1.165, 1.54) is 26.4 Å². The van der Waals surface area contributed by atoms with Crippen LogP contribution >= 0.6 is 0 Å². The van der Waals surface area contributed by atoms with E-state index in [-0.39, 0.29) is 17.3 Å². The van der Waals surface area contributed by atoms with Crippen molar-refractivity contribution in [2.75, 3.05) is 26.6 Å². The largest absolute Gasteiger partial charge is 0.497 e. The quantitative estimate of drug-likeness (QED) is 0.257. The van der Waals surface area contributed by atoms with Crippen molar-refractivity contribution in [2.24, 2.45) is 0 Å². The lowest BCUT2D eigenvalue weighted by molar-refractivity contribution is -0.152. The number of aryl methyl sites for hydroxylation is 1. The van der Waals surface area contributed by atoms with Gasteiger partial charge >= 0.3 is 5.97 Å². The van der Waals surface area contributed by atoms with Gasteiger partial charge in [-0.1, -0.05) is 12.1 Å². The van der Waals surface area contributed by atoms with Gasteiger partial charge in [-0.25, -0.2) is 13.2 Å². The van der Waals surface area contributed by atoms with Crippen molar-refractivity contribution in [2.45, 2.75) is 30.9 Å². The second kappa shape index (κ2) is 13.5. The van der Waals surface area contributed by atoms with Crippen molar-refractivity contribution in [1.29, 1.82) is 0 Å². The Hall–Kier alpha value is -4.05.